The van der Waals surface area contributed by atoms with Crippen molar-refractivity contribution in [3.8, 4) is 0 Å². The molecule has 0 aliphatic carbocycles. The van der Waals surface area contributed by atoms with E-state index in [0.717, 1.165) is 0 Å². The van der Waals surface area contributed by atoms with Crippen LogP contribution in [0.1, 0.15) is 36.7 Å². The first kappa shape index (κ1) is 12.6. The summed E-state index contributed by atoms with van der Waals surface area (Å²) in [4.78, 5) is 25.0. The van der Waals surface area contributed by atoms with Gasteiger partial charge in [0.25, 0.3) is 5.91 Å². The SMILES string of the molecule is CCC1(C(=O)O)CCCN(C(=O)c2ccon2)C1. The van der Waals surface area contributed by atoms with Crippen LogP contribution in [-0.4, -0.2) is 40.1 Å². The lowest BCUT2D eigenvalue weighted by molar-refractivity contribution is -0.152. The molecule has 0 bridgehead atoms. The maximum atomic E-state index is 12.1. The maximum absolute atomic E-state index is 12.1. The second kappa shape index (κ2) is 4.80. The van der Waals surface area contributed by atoms with Crippen LogP contribution in [0.4, 0.5) is 0 Å². The highest BCUT2D eigenvalue weighted by Crippen LogP contribution is 2.34. The second-order valence-electron chi connectivity index (χ2n) is 4.65. The van der Waals surface area contributed by atoms with E-state index in [1.54, 1.807) is 4.90 Å². The van der Waals surface area contributed by atoms with E-state index in [2.05, 4.69) is 9.68 Å². The number of carbonyl (C=O) groups is 2. The highest BCUT2D eigenvalue weighted by Gasteiger charge is 2.42. The molecule has 1 atom stereocenters. The fourth-order valence-corrected chi connectivity index (χ4v) is 2.40. The van der Waals surface area contributed by atoms with Gasteiger partial charge in [0.2, 0.25) is 0 Å². The summed E-state index contributed by atoms with van der Waals surface area (Å²) in [6.07, 6.45) is 3.16. The number of rotatable bonds is 3. The number of aromatic nitrogens is 1. The molecule has 0 aromatic carbocycles. The van der Waals surface area contributed by atoms with Gasteiger partial charge in [-0.05, 0) is 19.3 Å². The molecule has 1 aliphatic rings. The summed E-state index contributed by atoms with van der Waals surface area (Å²) in [5.74, 6) is -1.09. The van der Waals surface area contributed by atoms with Crippen molar-refractivity contribution >= 4 is 11.9 Å². The number of hydrogen-bond acceptors (Lipinski definition) is 4. The van der Waals surface area contributed by atoms with Gasteiger partial charge in [-0.15, -0.1) is 0 Å². The van der Waals surface area contributed by atoms with E-state index in [0.29, 0.717) is 25.8 Å². The van der Waals surface area contributed by atoms with Crippen LogP contribution in [0.15, 0.2) is 16.9 Å². The number of carboxylic acids is 1. The van der Waals surface area contributed by atoms with Crippen molar-refractivity contribution in [1.29, 1.82) is 0 Å². The van der Waals surface area contributed by atoms with Gasteiger partial charge >= 0.3 is 5.97 Å². The first-order valence-corrected chi connectivity index (χ1v) is 6.02. The molecule has 1 fully saturated rings. The molecule has 2 rings (SSSR count). The first-order valence-electron chi connectivity index (χ1n) is 6.02. The molecule has 1 amide bonds. The van der Waals surface area contributed by atoms with E-state index < -0.39 is 11.4 Å². The third kappa shape index (κ3) is 2.10. The summed E-state index contributed by atoms with van der Waals surface area (Å²) < 4.78 is 4.64. The number of aliphatic carboxylic acids is 1. The number of piperidine rings is 1. The molecule has 0 spiro atoms. The molecule has 1 N–H and O–H groups in total. The van der Waals surface area contributed by atoms with Gasteiger partial charge < -0.3 is 14.5 Å². The van der Waals surface area contributed by atoms with Crippen LogP contribution in [0.3, 0.4) is 0 Å². The second-order valence-corrected chi connectivity index (χ2v) is 4.65. The zero-order valence-corrected chi connectivity index (χ0v) is 10.3. The lowest BCUT2D eigenvalue weighted by Crippen LogP contribution is -2.49. The molecule has 1 aliphatic heterocycles. The zero-order chi connectivity index (χ0) is 13.2. The Labute approximate surface area is 105 Å². The van der Waals surface area contributed by atoms with Crippen LogP contribution in [0.25, 0.3) is 0 Å². The van der Waals surface area contributed by atoms with Crippen LogP contribution in [-0.2, 0) is 4.79 Å². The van der Waals surface area contributed by atoms with Gasteiger partial charge in [-0.25, -0.2) is 0 Å². The van der Waals surface area contributed by atoms with Gasteiger partial charge in [0.05, 0.1) is 5.41 Å². The molecule has 1 saturated heterocycles. The van der Waals surface area contributed by atoms with E-state index >= 15 is 0 Å². The van der Waals surface area contributed by atoms with E-state index in [1.165, 1.54) is 12.3 Å². The molecule has 1 unspecified atom stereocenters. The Kier molecular flexibility index (Phi) is 3.36. The number of hydrogen-bond donors (Lipinski definition) is 1. The smallest absolute Gasteiger partial charge is 0.311 e. The van der Waals surface area contributed by atoms with Gasteiger partial charge in [-0.3, -0.25) is 9.59 Å². The molecule has 1 aromatic rings. The fraction of sp³-hybridized carbons (Fsp3) is 0.583. The van der Waals surface area contributed by atoms with Crippen molar-refractivity contribution in [1.82, 2.24) is 10.1 Å². The third-order valence-corrected chi connectivity index (χ3v) is 3.65. The third-order valence-electron chi connectivity index (χ3n) is 3.65. The van der Waals surface area contributed by atoms with E-state index in [-0.39, 0.29) is 18.1 Å². The molecule has 6 heteroatoms. The fourth-order valence-electron chi connectivity index (χ4n) is 2.40. The normalized spacial score (nSPS) is 23.9. The van der Waals surface area contributed by atoms with E-state index in [4.69, 9.17) is 0 Å². The summed E-state index contributed by atoms with van der Waals surface area (Å²) in [5.41, 5.74) is -0.593. The Hall–Kier alpha value is -1.85. The minimum Gasteiger partial charge on any atom is -0.481 e. The van der Waals surface area contributed by atoms with Crippen molar-refractivity contribution in [3.05, 3.63) is 18.0 Å². The molecular weight excluding hydrogens is 236 g/mol. The Morgan fingerprint density at radius 3 is 2.94 bits per heavy atom. The Bertz CT molecular complexity index is 443. The van der Waals surface area contributed by atoms with Crippen LogP contribution < -0.4 is 0 Å². The summed E-state index contributed by atoms with van der Waals surface area (Å²) >= 11 is 0. The number of likely N-dealkylation sites (tertiary alicyclic amines) is 1. The predicted octanol–water partition coefficient (Wildman–Crippen LogP) is 1.39. The molecular formula is C12H16N2O4. The van der Waals surface area contributed by atoms with Gasteiger partial charge in [-0.2, -0.15) is 0 Å². The topological polar surface area (TPSA) is 83.6 Å². The summed E-state index contributed by atoms with van der Waals surface area (Å²) in [6, 6.07) is 1.49. The summed E-state index contributed by atoms with van der Waals surface area (Å²) in [5, 5.41) is 12.9. The van der Waals surface area contributed by atoms with Gasteiger partial charge in [0.1, 0.15) is 6.26 Å². The highest BCUT2D eigenvalue weighted by atomic mass is 16.5. The molecule has 0 radical (unpaired) electrons. The monoisotopic (exact) mass is 252 g/mol. The van der Waals surface area contributed by atoms with Gasteiger partial charge in [0, 0.05) is 19.2 Å². The van der Waals surface area contributed by atoms with Crippen molar-refractivity contribution in [2.24, 2.45) is 5.41 Å². The average Bonchev–Trinajstić information content (AvgIpc) is 2.91. The molecule has 0 saturated carbocycles. The molecule has 98 valence electrons. The minimum absolute atomic E-state index is 0.229. The van der Waals surface area contributed by atoms with Crippen molar-refractivity contribution in [2.75, 3.05) is 13.1 Å². The lowest BCUT2D eigenvalue weighted by atomic mass is 9.77. The number of carbonyl (C=O) groups excluding carboxylic acids is 1. The Morgan fingerprint density at radius 2 is 2.39 bits per heavy atom. The van der Waals surface area contributed by atoms with Crippen LogP contribution in [0.2, 0.25) is 0 Å². The van der Waals surface area contributed by atoms with Crippen molar-refractivity contribution in [3.63, 3.8) is 0 Å². The highest BCUT2D eigenvalue weighted by molar-refractivity contribution is 5.92. The standard InChI is InChI=1S/C12H16N2O4/c1-2-12(11(16)17)5-3-6-14(8-12)10(15)9-4-7-18-13-9/h4,7H,2-3,5-6,8H2,1H3,(H,16,17). The largest absolute Gasteiger partial charge is 0.481 e. The van der Waals surface area contributed by atoms with Crippen LogP contribution >= 0.6 is 0 Å². The van der Waals surface area contributed by atoms with Crippen molar-refractivity contribution in [2.45, 2.75) is 26.2 Å². The lowest BCUT2D eigenvalue weighted by Gasteiger charge is -2.39. The summed E-state index contributed by atoms with van der Waals surface area (Å²) in [6.45, 7) is 2.66. The zero-order valence-electron chi connectivity index (χ0n) is 10.3. The average molecular weight is 252 g/mol. The number of carboxylic acid groups (broad SMARTS) is 1. The Balaban J connectivity index is 2.16. The molecule has 18 heavy (non-hydrogen) atoms. The van der Waals surface area contributed by atoms with Crippen LogP contribution in [0.5, 0.6) is 0 Å². The number of amides is 1. The van der Waals surface area contributed by atoms with Crippen molar-refractivity contribution < 1.29 is 19.2 Å². The predicted molar refractivity (Wildman–Crippen MR) is 62.0 cm³/mol. The quantitative estimate of drug-likeness (QED) is 0.878. The van der Waals surface area contributed by atoms with E-state index in [9.17, 15) is 14.7 Å². The van der Waals surface area contributed by atoms with E-state index in [1.807, 2.05) is 6.92 Å². The molecule has 1 aromatic heterocycles. The molecule has 2 heterocycles. The summed E-state index contributed by atoms with van der Waals surface area (Å²) in [7, 11) is 0. The van der Waals surface area contributed by atoms with Gasteiger partial charge in [0.15, 0.2) is 5.69 Å². The Morgan fingerprint density at radius 1 is 1.61 bits per heavy atom. The van der Waals surface area contributed by atoms with Gasteiger partial charge in [-0.1, -0.05) is 12.1 Å². The maximum Gasteiger partial charge on any atom is 0.311 e. The molecule has 6 nitrogen and oxygen atoms in total. The minimum atomic E-state index is -0.831. The number of nitrogens with zero attached hydrogens (tertiary/aromatic N) is 2. The first-order chi connectivity index (χ1) is 8.59. The van der Waals surface area contributed by atoms with Crippen LogP contribution in [0, 0.1) is 5.41 Å².